The van der Waals surface area contributed by atoms with Gasteiger partial charge in [0.2, 0.25) is 0 Å². The molecule has 1 aliphatic rings. The minimum Gasteiger partial charge on any atom is -0.466 e. The predicted octanol–water partition coefficient (Wildman–Crippen LogP) is 1.59. The van der Waals surface area contributed by atoms with Gasteiger partial charge in [-0.2, -0.15) is 0 Å². The monoisotopic (exact) mass is 236 g/mol. The molecule has 4 heteroatoms. The van der Waals surface area contributed by atoms with Crippen molar-refractivity contribution in [1.82, 2.24) is 9.80 Å². The average molecular weight is 236 g/mol. The van der Waals surface area contributed by atoms with E-state index in [2.05, 4.69) is 11.9 Å². The van der Waals surface area contributed by atoms with Crippen LogP contribution in [0.15, 0.2) is 4.42 Å². The Morgan fingerprint density at radius 1 is 1.06 bits per heavy atom. The Bertz CT molecular complexity index is 429. The zero-order valence-corrected chi connectivity index (χ0v) is 11.0. The number of likely N-dealkylation sites (N-methyl/N-ethyl adjacent to an activating group) is 1. The molecule has 1 aromatic rings. The summed E-state index contributed by atoms with van der Waals surface area (Å²) < 4.78 is 5.52. The third kappa shape index (κ3) is 2.22. The second kappa shape index (κ2) is 4.53. The highest BCUT2D eigenvalue weighted by Crippen LogP contribution is 2.22. The highest BCUT2D eigenvalue weighted by molar-refractivity contribution is 5.96. The van der Waals surface area contributed by atoms with E-state index >= 15 is 0 Å². The van der Waals surface area contributed by atoms with Gasteiger partial charge >= 0.3 is 0 Å². The van der Waals surface area contributed by atoms with E-state index in [0.717, 1.165) is 48.8 Å². The van der Waals surface area contributed by atoms with Crippen LogP contribution in [0.3, 0.4) is 0 Å². The van der Waals surface area contributed by atoms with Crippen molar-refractivity contribution in [3.63, 3.8) is 0 Å². The smallest absolute Gasteiger partial charge is 0.257 e. The van der Waals surface area contributed by atoms with Gasteiger partial charge in [0.1, 0.15) is 11.5 Å². The molecule has 1 saturated heterocycles. The lowest BCUT2D eigenvalue weighted by atomic mass is 10.1. The van der Waals surface area contributed by atoms with Crippen molar-refractivity contribution < 1.29 is 9.21 Å². The molecule has 0 bridgehead atoms. The fraction of sp³-hybridized carbons (Fsp3) is 0.615. The molecule has 0 N–H and O–H groups in total. The maximum Gasteiger partial charge on any atom is 0.257 e. The average Bonchev–Trinajstić information content (AvgIpc) is 2.53. The normalized spacial score (nSPS) is 17.5. The van der Waals surface area contributed by atoms with Gasteiger partial charge in [-0.15, -0.1) is 0 Å². The van der Waals surface area contributed by atoms with Crippen molar-refractivity contribution in [3.05, 3.63) is 22.6 Å². The largest absolute Gasteiger partial charge is 0.466 e. The zero-order chi connectivity index (χ0) is 12.6. The summed E-state index contributed by atoms with van der Waals surface area (Å²) in [5.41, 5.74) is 1.73. The summed E-state index contributed by atoms with van der Waals surface area (Å²) in [5.74, 6) is 1.70. The number of carbonyl (C=O) groups excluding carboxylic acids is 1. The third-order valence-corrected chi connectivity index (χ3v) is 3.57. The quantitative estimate of drug-likeness (QED) is 0.743. The lowest BCUT2D eigenvalue weighted by Crippen LogP contribution is -2.47. The number of piperazine rings is 1. The fourth-order valence-electron chi connectivity index (χ4n) is 2.28. The molecule has 2 rings (SSSR count). The molecule has 4 nitrogen and oxygen atoms in total. The molecule has 1 fully saturated rings. The van der Waals surface area contributed by atoms with Crippen molar-refractivity contribution in [1.29, 1.82) is 0 Å². The maximum absolute atomic E-state index is 12.4. The molecule has 0 aromatic carbocycles. The van der Waals surface area contributed by atoms with Crippen molar-refractivity contribution in [3.8, 4) is 0 Å². The van der Waals surface area contributed by atoms with Crippen LogP contribution in [0.5, 0.6) is 0 Å². The summed E-state index contributed by atoms with van der Waals surface area (Å²) in [4.78, 5) is 16.6. The van der Waals surface area contributed by atoms with Crippen LogP contribution in [0.25, 0.3) is 0 Å². The standard InChI is InChI=1S/C13H20N2O2/c1-9-10(2)17-11(3)12(9)13(16)15-7-5-14(4)6-8-15/h5-8H2,1-4H3. The van der Waals surface area contributed by atoms with Crippen LogP contribution < -0.4 is 0 Å². The van der Waals surface area contributed by atoms with E-state index in [1.807, 2.05) is 25.7 Å². The number of nitrogens with zero attached hydrogens (tertiary/aromatic N) is 2. The Morgan fingerprint density at radius 2 is 1.65 bits per heavy atom. The van der Waals surface area contributed by atoms with Crippen LogP contribution >= 0.6 is 0 Å². The number of hydrogen-bond acceptors (Lipinski definition) is 3. The number of furan rings is 1. The molecule has 2 heterocycles. The molecule has 0 unspecified atom stereocenters. The Morgan fingerprint density at radius 3 is 2.12 bits per heavy atom. The van der Waals surface area contributed by atoms with Crippen molar-refractivity contribution in [2.75, 3.05) is 33.2 Å². The molecule has 17 heavy (non-hydrogen) atoms. The molecule has 0 aliphatic carbocycles. The Kier molecular flexibility index (Phi) is 3.24. The summed E-state index contributed by atoms with van der Waals surface area (Å²) >= 11 is 0. The van der Waals surface area contributed by atoms with E-state index in [4.69, 9.17) is 4.42 Å². The first-order chi connectivity index (χ1) is 8.00. The molecule has 0 atom stereocenters. The summed E-state index contributed by atoms with van der Waals surface area (Å²) in [5, 5.41) is 0. The van der Waals surface area contributed by atoms with E-state index in [1.54, 1.807) is 0 Å². The summed E-state index contributed by atoms with van der Waals surface area (Å²) in [7, 11) is 2.08. The lowest BCUT2D eigenvalue weighted by molar-refractivity contribution is 0.0661. The van der Waals surface area contributed by atoms with Crippen LogP contribution in [0.4, 0.5) is 0 Å². The highest BCUT2D eigenvalue weighted by atomic mass is 16.3. The first-order valence-corrected chi connectivity index (χ1v) is 6.05. The van der Waals surface area contributed by atoms with E-state index in [1.165, 1.54) is 0 Å². The first-order valence-electron chi connectivity index (χ1n) is 6.05. The minimum atomic E-state index is 0.116. The van der Waals surface area contributed by atoms with Crippen LogP contribution in [-0.2, 0) is 0 Å². The number of rotatable bonds is 1. The van der Waals surface area contributed by atoms with Crippen molar-refractivity contribution in [2.24, 2.45) is 0 Å². The SMILES string of the molecule is Cc1oc(C)c(C(=O)N2CCN(C)CC2)c1C. The first kappa shape index (κ1) is 12.2. The van der Waals surface area contributed by atoms with E-state index < -0.39 is 0 Å². The van der Waals surface area contributed by atoms with Crippen LogP contribution in [0.1, 0.15) is 27.4 Å². The van der Waals surface area contributed by atoms with E-state index in [-0.39, 0.29) is 5.91 Å². The molecule has 94 valence electrons. The van der Waals surface area contributed by atoms with Crippen LogP contribution in [0, 0.1) is 20.8 Å². The van der Waals surface area contributed by atoms with Crippen LogP contribution in [-0.4, -0.2) is 48.9 Å². The second-order valence-electron chi connectivity index (χ2n) is 4.81. The molecule has 1 aliphatic heterocycles. The van der Waals surface area contributed by atoms with Crippen molar-refractivity contribution >= 4 is 5.91 Å². The summed E-state index contributed by atoms with van der Waals surface area (Å²) in [6, 6.07) is 0. The second-order valence-corrected chi connectivity index (χ2v) is 4.81. The minimum absolute atomic E-state index is 0.116. The summed E-state index contributed by atoms with van der Waals surface area (Å²) in [6.45, 7) is 9.22. The van der Waals surface area contributed by atoms with Gasteiger partial charge < -0.3 is 14.2 Å². The molecule has 0 saturated carbocycles. The molecular formula is C13H20N2O2. The zero-order valence-electron chi connectivity index (χ0n) is 11.0. The number of amides is 1. The Hall–Kier alpha value is -1.29. The number of hydrogen-bond donors (Lipinski definition) is 0. The van der Waals surface area contributed by atoms with Gasteiger partial charge in [0.05, 0.1) is 5.56 Å². The van der Waals surface area contributed by atoms with Gasteiger partial charge in [0, 0.05) is 31.7 Å². The molecule has 0 radical (unpaired) electrons. The predicted molar refractivity (Wildman–Crippen MR) is 66.3 cm³/mol. The maximum atomic E-state index is 12.4. The molecule has 1 amide bonds. The topological polar surface area (TPSA) is 36.7 Å². The van der Waals surface area contributed by atoms with E-state index in [0.29, 0.717) is 0 Å². The van der Waals surface area contributed by atoms with Gasteiger partial charge in [-0.1, -0.05) is 0 Å². The van der Waals surface area contributed by atoms with Gasteiger partial charge in [-0.25, -0.2) is 0 Å². The van der Waals surface area contributed by atoms with Gasteiger partial charge in [0.25, 0.3) is 5.91 Å². The van der Waals surface area contributed by atoms with Crippen LogP contribution in [0.2, 0.25) is 0 Å². The lowest BCUT2D eigenvalue weighted by Gasteiger charge is -2.32. The van der Waals surface area contributed by atoms with Gasteiger partial charge in [-0.05, 0) is 27.8 Å². The highest BCUT2D eigenvalue weighted by Gasteiger charge is 2.25. The van der Waals surface area contributed by atoms with Gasteiger partial charge in [-0.3, -0.25) is 4.79 Å². The van der Waals surface area contributed by atoms with Gasteiger partial charge in [0.15, 0.2) is 0 Å². The van der Waals surface area contributed by atoms with E-state index in [9.17, 15) is 4.79 Å². The molecule has 1 aromatic heterocycles. The molecule has 0 spiro atoms. The van der Waals surface area contributed by atoms with Crippen molar-refractivity contribution in [2.45, 2.75) is 20.8 Å². The number of carbonyl (C=O) groups is 1. The third-order valence-electron chi connectivity index (χ3n) is 3.57. The number of aryl methyl sites for hydroxylation is 2. The fourth-order valence-corrected chi connectivity index (χ4v) is 2.28. The Balaban J connectivity index is 2.20. The molecular weight excluding hydrogens is 216 g/mol. The Labute approximate surface area is 102 Å². The summed E-state index contributed by atoms with van der Waals surface area (Å²) in [6.07, 6.45) is 0.